The minimum Gasteiger partial charge on any atom is -0.449 e. The summed E-state index contributed by atoms with van der Waals surface area (Å²) in [7, 11) is 0. The molecule has 3 unspecified atom stereocenters. The molecule has 0 bridgehead atoms. The van der Waals surface area contributed by atoms with Gasteiger partial charge in [0.1, 0.15) is 6.61 Å². The van der Waals surface area contributed by atoms with Crippen LogP contribution in [0.4, 0.5) is 0 Å². The Morgan fingerprint density at radius 3 is 2.31 bits per heavy atom. The van der Waals surface area contributed by atoms with E-state index >= 15 is 0 Å². The quantitative estimate of drug-likeness (QED) is 0.602. The summed E-state index contributed by atoms with van der Waals surface area (Å²) < 4.78 is 16.5. The molecule has 3 atom stereocenters. The van der Waals surface area contributed by atoms with Crippen molar-refractivity contribution in [1.29, 1.82) is 0 Å². The number of esters is 1. The number of ketones is 1. The van der Waals surface area contributed by atoms with E-state index in [0.29, 0.717) is 6.42 Å². The first-order chi connectivity index (χ1) is 15.2. The predicted octanol–water partition coefficient (Wildman–Crippen LogP) is 3.04. The maximum absolute atomic E-state index is 12.8. The van der Waals surface area contributed by atoms with Crippen molar-refractivity contribution in [2.45, 2.75) is 51.6 Å². The average Bonchev–Trinajstić information content (AvgIpc) is 3.07. The summed E-state index contributed by atoms with van der Waals surface area (Å²) in [5.74, 6) is -1.93. The molecule has 0 saturated carbocycles. The summed E-state index contributed by atoms with van der Waals surface area (Å²) in [6.45, 7) is 5.13. The number of ether oxygens (including phenoxy) is 3. The number of primary amides is 1. The van der Waals surface area contributed by atoms with Gasteiger partial charge in [-0.2, -0.15) is 0 Å². The van der Waals surface area contributed by atoms with Crippen molar-refractivity contribution in [3.05, 3.63) is 60.2 Å². The van der Waals surface area contributed by atoms with E-state index in [2.05, 4.69) is 0 Å². The van der Waals surface area contributed by atoms with Crippen molar-refractivity contribution in [3.63, 3.8) is 0 Å². The lowest BCUT2D eigenvalue weighted by Crippen LogP contribution is -2.52. The van der Waals surface area contributed by atoms with Crippen molar-refractivity contribution in [2.24, 2.45) is 11.7 Å². The second-order valence-corrected chi connectivity index (χ2v) is 8.54. The molecule has 1 amide bonds. The monoisotopic (exact) mass is 439 g/mol. The third-order valence-electron chi connectivity index (χ3n) is 5.49. The van der Waals surface area contributed by atoms with Crippen molar-refractivity contribution in [2.75, 3.05) is 6.61 Å². The Balaban J connectivity index is 1.67. The first-order valence-electron chi connectivity index (χ1n) is 10.6. The summed E-state index contributed by atoms with van der Waals surface area (Å²) in [6.07, 6.45) is -1.87. The molecular weight excluding hydrogens is 410 g/mol. The van der Waals surface area contributed by atoms with Gasteiger partial charge in [0.25, 0.3) is 5.91 Å². The Morgan fingerprint density at radius 1 is 1.09 bits per heavy atom. The van der Waals surface area contributed by atoms with Crippen LogP contribution in [-0.4, -0.2) is 42.1 Å². The highest BCUT2D eigenvalue weighted by atomic mass is 16.6. The molecule has 7 heteroatoms. The van der Waals surface area contributed by atoms with Crippen LogP contribution in [0, 0.1) is 5.92 Å². The van der Waals surface area contributed by atoms with Gasteiger partial charge in [0.05, 0.1) is 6.61 Å². The molecule has 170 valence electrons. The Morgan fingerprint density at radius 2 is 1.72 bits per heavy atom. The maximum Gasteiger partial charge on any atom is 0.336 e. The molecule has 2 aromatic rings. The predicted molar refractivity (Wildman–Crippen MR) is 118 cm³/mol. The molecular formula is C25H29NO6. The minimum absolute atomic E-state index is 0.145. The van der Waals surface area contributed by atoms with Crippen LogP contribution in [0.3, 0.4) is 0 Å². The molecule has 0 spiro atoms. The van der Waals surface area contributed by atoms with E-state index in [0.717, 1.165) is 16.7 Å². The van der Waals surface area contributed by atoms with Crippen LogP contribution >= 0.6 is 0 Å². The Hall–Kier alpha value is -3.03. The Kier molecular flexibility index (Phi) is 7.43. The van der Waals surface area contributed by atoms with Gasteiger partial charge in [-0.1, -0.05) is 68.4 Å². The van der Waals surface area contributed by atoms with Gasteiger partial charge in [0.2, 0.25) is 5.78 Å². The minimum atomic E-state index is -1.68. The molecule has 32 heavy (non-hydrogen) atoms. The van der Waals surface area contributed by atoms with Crippen LogP contribution < -0.4 is 5.73 Å². The average molecular weight is 440 g/mol. The molecule has 1 fully saturated rings. The van der Waals surface area contributed by atoms with Gasteiger partial charge in [-0.05, 0) is 36.0 Å². The van der Waals surface area contributed by atoms with Crippen LogP contribution in [0.1, 0.15) is 32.8 Å². The lowest BCUT2D eigenvalue weighted by Gasteiger charge is -2.27. The summed E-state index contributed by atoms with van der Waals surface area (Å²) in [4.78, 5) is 36.8. The summed E-state index contributed by atoms with van der Waals surface area (Å²) >= 11 is 0. The highest BCUT2D eigenvalue weighted by molar-refractivity contribution is 5.99. The highest BCUT2D eigenvalue weighted by Gasteiger charge is 2.53. The molecule has 7 nitrogen and oxygen atoms in total. The number of carbonyl (C=O) groups excluding carboxylic acids is 3. The van der Waals surface area contributed by atoms with Crippen LogP contribution in [-0.2, 0) is 35.2 Å². The third kappa shape index (κ3) is 5.41. The normalized spacial score (nSPS) is 21.5. The molecule has 3 rings (SSSR count). The number of nitrogens with two attached hydrogens (primary N) is 1. The van der Waals surface area contributed by atoms with Gasteiger partial charge in [0, 0.05) is 0 Å². The first kappa shape index (κ1) is 23.6. The standard InChI is InChI=1S/C25H29NO6/c1-16(2)13-21(23(28)32-22-20(27)15-31-25(22,3)24(26)29)30-14-17-9-11-19(12-10-17)18-7-5-4-6-8-18/h4-12,16,21-22H,13-15H2,1-3H3,(H2,26,29). The van der Waals surface area contributed by atoms with Gasteiger partial charge < -0.3 is 19.9 Å². The number of amides is 1. The van der Waals surface area contributed by atoms with Crippen molar-refractivity contribution >= 4 is 17.7 Å². The van der Waals surface area contributed by atoms with E-state index in [1.165, 1.54) is 6.92 Å². The number of rotatable bonds is 9. The van der Waals surface area contributed by atoms with E-state index in [4.69, 9.17) is 19.9 Å². The van der Waals surface area contributed by atoms with Crippen LogP contribution in [0.2, 0.25) is 0 Å². The zero-order chi connectivity index (χ0) is 23.3. The summed E-state index contributed by atoms with van der Waals surface area (Å²) in [5.41, 5.74) is 6.78. The molecule has 0 radical (unpaired) electrons. The van der Waals surface area contributed by atoms with Crippen LogP contribution in [0.25, 0.3) is 11.1 Å². The van der Waals surface area contributed by atoms with E-state index in [1.807, 2.05) is 68.4 Å². The molecule has 1 heterocycles. The van der Waals surface area contributed by atoms with Crippen molar-refractivity contribution in [1.82, 2.24) is 0 Å². The van der Waals surface area contributed by atoms with Gasteiger partial charge in [-0.3, -0.25) is 9.59 Å². The summed E-state index contributed by atoms with van der Waals surface area (Å²) in [5, 5.41) is 0. The van der Waals surface area contributed by atoms with Crippen LogP contribution in [0.5, 0.6) is 0 Å². The number of carbonyl (C=O) groups is 3. The molecule has 2 aromatic carbocycles. The molecule has 1 saturated heterocycles. The second-order valence-electron chi connectivity index (χ2n) is 8.54. The molecule has 1 aliphatic rings. The van der Waals surface area contributed by atoms with Gasteiger partial charge >= 0.3 is 5.97 Å². The van der Waals surface area contributed by atoms with E-state index in [-0.39, 0.29) is 19.1 Å². The number of hydrogen-bond donors (Lipinski definition) is 1. The fraction of sp³-hybridized carbons (Fsp3) is 0.400. The van der Waals surface area contributed by atoms with Crippen molar-refractivity contribution in [3.8, 4) is 11.1 Å². The summed E-state index contributed by atoms with van der Waals surface area (Å²) in [6, 6.07) is 17.9. The van der Waals surface area contributed by atoms with E-state index < -0.39 is 35.5 Å². The zero-order valence-corrected chi connectivity index (χ0v) is 18.6. The van der Waals surface area contributed by atoms with Gasteiger partial charge in [-0.25, -0.2) is 4.79 Å². The molecule has 0 aliphatic carbocycles. The highest BCUT2D eigenvalue weighted by Crippen LogP contribution is 2.27. The number of Topliss-reactive ketones (excluding diaryl/α,β-unsaturated/α-hetero) is 1. The molecule has 1 aliphatic heterocycles. The zero-order valence-electron chi connectivity index (χ0n) is 18.6. The smallest absolute Gasteiger partial charge is 0.336 e. The van der Waals surface area contributed by atoms with Crippen LogP contribution in [0.15, 0.2) is 54.6 Å². The van der Waals surface area contributed by atoms with Gasteiger partial charge in [-0.15, -0.1) is 0 Å². The largest absolute Gasteiger partial charge is 0.449 e. The number of benzene rings is 2. The maximum atomic E-state index is 12.8. The van der Waals surface area contributed by atoms with E-state index in [9.17, 15) is 14.4 Å². The van der Waals surface area contributed by atoms with E-state index in [1.54, 1.807) is 0 Å². The molecule has 0 aromatic heterocycles. The van der Waals surface area contributed by atoms with Crippen molar-refractivity contribution < 1.29 is 28.6 Å². The van der Waals surface area contributed by atoms with Gasteiger partial charge in [0.15, 0.2) is 17.8 Å². The topological polar surface area (TPSA) is 105 Å². The Labute approximate surface area is 187 Å². The third-order valence-corrected chi connectivity index (χ3v) is 5.49. The lowest BCUT2D eigenvalue weighted by molar-refractivity contribution is -0.176. The first-order valence-corrected chi connectivity index (χ1v) is 10.6. The SMILES string of the molecule is CC(C)CC(OCc1ccc(-c2ccccc2)cc1)C(=O)OC1C(=O)COC1(C)C(N)=O. The lowest BCUT2D eigenvalue weighted by atomic mass is 9.97. The number of hydrogen-bond acceptors (Lipinski definition) is 6. The Bertz CT molecular complexity index is 956. The fourth-order valence-electron chi connectivity index (χ4n) is 3.53. The second kappa shape index (κ2) is 10.1. The fourth-order valence-corrected chi connectivity index (χ4v) is 3.53. The molecule has 2 N–H and O–H groups in total.